The lowest BCUT2D eigenvalue weighted by molar-refractivity contribution is 0.878. The summed E-state index contributed by atoms with van der Waals surface area (Å²) in [5.41, 5.74) is 1.28. The fraction of sp³-hybridized carbons (Fsp3) is 0.700. The zero-order valence-corrected chi connectivity index (χ0v) is 11.3. The zero-order valence-electron chi connectivity index (χ0n) is 8.75. The summed E-state index contributed by atoms with van der Waals surface area (Å²) in [7, 11) is 0. The fourth-order valence-electron chi connectivity index (χ4n) is 1.24. The molecule has 0 bridgehead atoms. The molecule has 0 radical (unpaired) electrons. The highest BCUT2D eigenvalue weighted by Gasteiger charge is 2.08. The van der Waals surface area contributed by atoms with Crippen molar-refractivity contribution in [2.75, 3.05) is 5.75 Å². The minimum atomic E-state index is 0.837. The van der Waals surface area contributed by atoms with Gasteiger partial charge in [0.2, 0.25) is 0 Å². The van der Waals surface area contributed by atoms with Gasteiger partial charge < -0.3 is 0 Å². The molecule has 0 aromatic carbocycles. The Bertz CT molecular complexity index is 270. The van der Waals surface area contributed by atoms with Crippen molar-refractivity contribution in [3.05, 3.63) is 15.6 Å². The van der Waals surface area contributed by atoms with Gasteiger partial charge in [0.15, 0.2) is 0 Å². The molecule has 0 aliphatic rings. The molecule has 0 spiro atoms. The lowest BCUT2D eigenvalue weighted by atomic mass is 10.2. The van der Waals surface area contributed by atoms with Gasteiger partial charge in [0.05, 0.1) is 5.69 Å². The summed E-state index contributed by atoms with van der Waals surface area (Å²) >= 11 is 8.11. The average Bonchev–Trinajstić information content (AvgIpc) is 2.58. The van der Waals surface area contributed by atoms with Crippen LogP contribution in [0.3, 0.4) is 0 Å². The van der Waals surface area contributed by atoms with E-state index in [9.17, 15) is 0 Å². The Morgan fingerprint density at radius 3 is 2.79 bits per heavy atom. The van der Waals surface area contributed by atoms with E-state index in [2.05, 4.69) is 31.5 Å². The number of rotatable bonds is 6. The quantitative estimate of drug-likeness (QED) is 0.768. The molecule has 1 rings (SSSR count). The van der Waals surface area contributed by atoms with Gasteiger partial charge in [0, 0.05) is 16.4 Å². The first-order valence-corrected chi connectivity index (χ1v) is 7.58. The van der Waals surface area contributed by atoms with Gasteiger partial charge in [-0.15, -0.1) is 11.3 Å². The maximum Gasteiger partial charge on any atom is 0.103 e. The SMILES string of the molecule is CCCc1nc(CSCC)sc1CS. The maximum atomic E-state index is 4.66. The summed E-state index contributed by atoms with van der Waals surface area (Å²) in [5.74, 6) is 3.06. The van der Waals surface area contributed by atoms with E-state index in [0.717, 1.165) is 17.9 Å². The van der Waals surface area contributed by atoms with Crippen LogP contribution < -0.4 is 0 Å². The summed E-state index contributed by atoms with van der Waals surface area (Å²) in [4.78, 5) is 6.02. The molecule has 14 heavy (non-hydrogen) atoms. The second kappa shape index (κ2) is 6.75. The van der Waals surface area contributed by atoms with Gasteiger partial charge in [0.1, 0.15) is 5.01 Å². The number of aromatic nitrogens is 1. The standard InChI is InChI=1S/C10H17NS3/c1-3-5-8-9(6-12)14-10(11-8)7-13-4-2/h12H,3-7H2,1-2H3. The summed E-state index contributed by atoms with van der Waals surface area (Å²) in [5, 5.41) is 1.27. The molecule has 0 saturated carbocycles. The van der Waals surface area contributed by atoms with E-state index in [1.165, 1.54) is 27.8 Å². The third-order valence-electron chi connectivity index (χ3n) is 1.88. The zero-order chi connectivity index (χ0) is 10.4. The molecule has 0 atom stereocenters. The highest BCUT2D eigenvalue weighted by atomic mass is 32.2. The number of aryl methyl sites for hydroxylation is 1. The first-order valence-electron chi connectivity index (χ1n) is 4.97. The number of hydrogen-bond donors (Lipinski definition) is 1. The van der Waals surface area contributed by atoms with Crippen LogP contribution in [0.4, 0.5) is 0 Å². The monoisotopic (exact) mass is 247 g/mol. The second-order valence-corrected chi connectivity index (χ2v) is 5.78. The Hall–Kier alpha value is 0.330. The second-order valence-electron chi connectivity index (χ2n) is 3.02. The average molecular weight is 247 g/mol. The van der Waals surface area contributed by atoms with Gasteiger partial charge in [-0.25, -0.2) is 4.98 Å². The van der Waals surface area contributed by atoms with E-state index in [-0.39, 0.29) is 0 Å². The number of nitrogens with zero attached hydrogens (tertiary/aromatic N) is 1. The molecule has 0 N–H and O–H groups in total. The van der Waals surface area contributed by atoms with Gasteiger partial charge in [-0.2, -0.15) is 24.4 Å². The van der Waals surface area contributed by atoms with Crippen LogP contribution in [0.25, 0.3) is 0 Å². The molecule has 0 aliphatic carbocycles. The molecular weight excluding hydrogens is 230 g/mol. The third-order valence-corrected chi connectivity index (χ3v) is 4.58. The van der Waals surface area contributed by atoms with Crippen LogP contribution in [0.1, 0.15) is 35.8 Å². The fourth-order valence-corrected chi connectivity index (χ4v) is 3.32. The number of thioether (sulfide) groups is 1. The maximum absolute atomic E-state index is 4.66. The van der Waals surface area contributed by atoms with Crippen molar-refractivity contribution in [3.8, 4) is 0 Å². The minimum absolute atomic E-state index is 0.837. The lowest BCUT2D eigenvalue weighted by Crippen LogP contribution is -1.88. The van der Waals surface area contributed by atoms with Gasteiger partial charge in [-0.05, 0) is 12.2 Å². The normalized spacial score (nSPS) is 10.8. The summed E-state index contributed by atoms with van der Waals surface area (Å²) < 4.78 is 0. The number of thiazole rings is 1. The highest BCUT2D eigenvalue weighted by Crippen LogP contribution is 2.24. The molecule has 0 unspecified atom stereocenters. The topological polar surface area (TPSA) is 12.9 Å². The van der Waals surface area contributed by atoms with E-state index < -0.39 is 0 Å². The van der Waals surface area contributed by atoms with Crippen LogP contribution in [0.2, 0.25) is 0 Å². The Balaban J connectivity index is 2.67. The van der Waals surface area contributed by atoms with Crippen molar-refractivity contribution >= 4 is 35.7 Å². The summed E-state index contributed by atoms with van der Waals surface area (Å²) in [6.45, 7) is 4.38. The smallest absolute Gasteiger partial charge is 0.103 e. The van der Waals surface area contributed by atoms with Crippen LogP contribution in [0.5, 0.6) is 0 Å². The van der Waals surface area contributed by atoms with Crippen molar-refractivity contribution in [2.24, 2.45) is 0 Å². The molecule has 0 saturated heterocycles. The van der Waals surface area contributed by atoms with Crippen LogP contribution in [-0.2, 0) is 17.9 Å². The van der Waals surface area contributed by atoms with Gasteiger partial charge >= 0.3 is 0 Å². The first kappa shape index (κ1) is 12.4. The molecule has 1 heterocycles. The van der Waals surface area contributed by atoms with E-state index in [4.69, 9.17) is 0 Å². The molecule has 80 valence electrons. The predicted molar refractivity (Wildman–Crippen MR) is 70.6 cm³/mol. The molecule has 1 nitrogen and oxygen atoms in total. The molecule has 1 aromatic rings. The van der Waals surface area contributed by atoms with Gasteiger partial charge in [-0.3, -0.25) is 0 Å². The van der Waals surface area contributed by atoms with Crippen LogP contribution in [0.15, 0.2) is 0 Å². The van der Waals surface area contributed by atoms with Crippen LogP contribution in [-0.4, -0.2) is 10.7 Å². The molecule has 0 aliphatic heterocycles. The van der Waals surface area contributed by atoms with Crippen molar-refractivity contribution in [1.82, 2.24) is 4.98 Å². The van der Waals surface area contributed by atoms with Gasteiger partial charge in [0.25, 0.3) is 0 Å². The molecule has 0 amide bonds. The molecule has 0 fully saturated rings. The third kappa shape index (κ3) is 3.48. The molecule has 4 heteroatoms. The van der Waals surface area contributed by atoms with Crippen molar-refractivity contribution in [1.29, 1.82) is 0 Å². The van der Waals surface area contributed by atoms with E-state index in [1.807, 2.05) is 23.1 Å². The summed E-state index contributed by atoms with van der Waals surface area (Å²) in [6, 6.07) is 0. The Morgan fingerprint density at radius 2 is 2.21 bits per heavy atom. The summed E-state index contributed by atoms with van der Waals surface area (Å²) in [6.07, 6.45) is 2.27. The first-order chi connectivity index (χ1) is 6.81. The highest BCUT2D eigenvalue weighted by molar-refractivity contribution is 7.98. The van der Waals surface area contributed by atoms with Crippen molar-refractivity contribution < 1.29 is 0 Å². The largest absolute Gasteiger partial charge is 0.245 e. The Morgan fingerprint density at radius 1 is 1.43 bits per heavy atom. The van der Waals surface area contributed by atoms with Crippen molar-refractivity contribution in [3.63, 3.8) is 0 Å². The Labute approximate surface area is 100 Å². The van der Waals surface area contributed by atoms with Gasteiger partial charge in [-0.1, -0.05) is 20.3 Å². The number of thiol groups is 1. The Kier molecular flexibility index (Phi) is 5.98. The van der Waals surface area contributed by atoms with Crippen LogP contribution >= 0.6 is 35.7 Å². The van der Waals surface area contributed by atoms with Crippen molar-refractivity contribution in [2.45, 2.75) is 38.2 Å². The van der Waals surface area contributed by atoms with E-state index in [1.54, 1.807) is 0 Å². The molecular formula is C10H17NS3. The van der Waals surface area contributed by atoms with Crippen LogP contribution in [0, 0.1) is 0 Å². The predicted octanol–water partition coefficient (Wildman–Crippen LogP) is 3.78. The lowest BCUT2D eigenvalue weighted by Gasteiger charge is -1.94. The number of hydrogen-bond acceptors (Lipinski definition) is 4. The minimum Gasteiger partial charge on any atom is -0.245 e. The van der Waals surface area contributed by atoms with E-state index >= 15 is 0 Å². The van der Waals surface area contributed by atoms with E-state index in [0.29, 0.717) is 0 Å². The molecule has 1 aromatic heterocycles.